The van der Waals surface area contributed by atoms with Gasteiger partial charge in [0.25, 0.3) is 0 Å². The summed E-state index contributed by atoms with van der Waals surface area (Å²) >= 11 is 5.27. The second-order valence-electron chi connectivity index (χ2n) is 5.82. The van der Waals surface area contributed by atoms with Crippen LogP contribution in [0.1, 0.15) is 25.8 Å². The molecule has 0 saturated carbocycles. The highest BCUT2D eigenvalue weighted by molar-refractivity contribution is 7.71. The zero-order valence-electron chi connectivity index (χ0n) is 13.2. The van der Waals surface area contributed by atoms with Crippen molar-refractivity contribution in [2.24, 2.45) is 5.92 Å². The number of amides is 1. The number of hydrogen-bond donors (Lipinski definition) is 2. The van der Waals surface area contributed by atoms with Gasteiger partial charge in [0.15, 0.2) is 10.6 Å². The summed E-state index contributed by atoms with van der Waals surface area (Å²) in [5.74, 6) is 1.25. The first kappa shape index (κ1) is 16.4. The topological polar surface area (TPSA) is 62.7 Å². The number of aromatic nitrogens is 3. The van der Waals surface area contributed by atoms with Gasteiger partial charge in [0.1, 0.15) is 0 Å². The van der Waals surface area contributed by atoms with Crippen molar-refractivity contribution in [2.75, 3.05) is 6.54 Å². The number of nitrogens with one attached hydrogen (secondary N) is 2. The minimum atomic E-state index is 0.0339. The normalized spacial score (nSPS) is 10.9. The minimum absolute atomic E-state index is 0.0339. The number of aromatic amines is 1. The summed E-state index contributed by atoms with van der Waals surface area (Å²) in [6, 6.07) is 8.09. The zero-order valence-corrected chi connectivity index (χ0v) is 14.0. The van der Waals surface area contributed by atoms with Gasteiger partial charge in [0.2, 0.25) is 5.91 Å². The lowest BCUT2D eigenvalue weighted by Gasteiger charge is -2.09. The van der Waals surface area contributed by atoms with E-state index in [1.165, 1.54) is 5.56 Å². The lowest BCUT2D eigenvalue weighted by atomic mass is 10.1. The van der Waals surface area contributed by atoms with Gasteiger partial charge < -0.3 is 5.32 Å². The minimum Gasteiger partial charge on any atom is -0.356 e. The number of carbonyl (C=O) groups is 1. The van der Waals surface area contributed by atoms with Crippen LogP contribution in [0.15, 0.2) is 24.3 Å². The molecule has 0 unspecified atom stereocenters. The van der Waals surface area contributed by atoms with Crippen LogP contribution in [0, 0.1) is 17.6 Å². The molecule has 0 radical (unpaired) electrons. The van der Waals surface area contributed by atoms with Gasteiger partial charge in [-0.2, -0.15) is 5.10 Å². The van der Waals surface area contributed by atoms with E-state index in [0.717, 1.165) is 11.4 Å². The van der Waals surface area contributed by atoms with E-state index in [1.807, 2.05) is 35.8 Å². The fourth-order valence-corrected chi connectivity index (χ4v) is 2.29. The maximum atomic E-state index is 11.9. The van der Waals surface area contributed by atoms with Crippen molar-refractivity contribution in [3.05, 3.63) is 34.6 Å². The smallest absolute Gasteiger partial charge is 0.221 e. The molecule has 1 amide bonds. The third-order valence-electron chi connectivity index (χ3n) is 3.34. The lowest BCUT2D eigenvalue weighted by Crippen LogP contribution is -2.28. The van der Waals surface area contributed by atoms with Crippen molar-refractivity contribution in [2.45, 2.75) is 33.7 Å². The quantitative estimate of drug-likeness (QED) is 0.805. The molecule has 118 valence electrons. The van der Waals surface area contributed by atoms with Gasteiger partial charge in [-0.05, 0) is 25.1 Å². The maximum absolute atomic E-state index is 11.9. The third kappa shape index (κ3) is 4.27. The van der Waals surface area contributed by atoms with Crippen LogP contribution in [0.4, 0.5) is 0 Å². The summed E-state index contributed by atoms with van der Waals surface area (Å²) in [7, 11) is 0. The van der Waals surface area contributed by atoms with Gasteiger partial charge in [-0.3, -0.25) is 14.5 Å². The Hall–Kier alpha value is -1.95. The zero-order chi connectivity index (χ0) is 16.1. The van der Waals surface area contributed by atoms with E-state index in [4.69, 9.17) is 12.2 Å². The predicted octanol–water partition coefficient (Wildman–Crippen LogP) is 3.08. The van der Waals surface area contributed by atoms with Gasteiger partial charge in [-0.15, -0.1) is 0 Å². The van der Waals surface area contributed by atoms with Crippen molar-refractivity contribution >= 4 is 18.1 Å². The molecule has 0 aliphatic heterocycles. The van der Waals surface area contributed by atoms with Crippen molar-refractivity contribution < 1.29 is 4.79 Å². The fraction of sp³-hybridized carbons (Fsp3) is 0.438. The summed E-state index contributed by atoms with van der Waals surface area (Å²) in [6.45, 7) is 7.40. The number of nitrogens with zero attached hydrogens (tertiary/aromatic N) is 2. The summed E-state index contributed by atoms with van der Waals surface area (Å²) in [6.07, 6.45) is 0.388. The predicted molar refractivity (Wildman–Crippen MR) is 90.0 cm³/mol. The number of hydrogen-bond acceptors (Lipinski definition) is 3. The summed E-state index contributed by atoms with van der Waals surface area (Å²) in [5.41, 5.74) is 2.18. The summed E-state index contributed by atoms with van der Waals surface area (Å²) in [5, 5.41) is 10.0. The van der Waals surface area contributed by atoms with Gasteiger partial charge >= 0.3 is 0 Å². The Kier molecular flexibility index (Phi) is 5.49. The number of benzene rings is 1. The van der Waals surface area contributed by atoms with E-state index in [2.05, 4.69) is 29.4 Å². The molecule has 0 aliphatic carbocycles. The van der Waals surface area contributed by atoms with Crippen LogP contribution in [0.2, 0.25) is 0 Å². The van der Waals surface area contributed by atoms with Crippen LogP contribution in [-0.4, -0.2) is 27.2 Å². The number of carbonyl (C=O) groups excluding carboxylic acids is 1. The van der Waals surface area contributed by atoms with Gasteiger partial charge in [-0.25, -0.2) is 0 Å². The van der Waals surface area contributed by atoms with Gasteiger partial charge in [-0.1, -0.05) is 43.7 Å². The first-order valence-corrected chi connectivity index (χ1v) is 7.87. The molecule has 2 rings (SSSR count). The molecule has 6 heteroatoms. The average molecular weight is 318 g/mol. The monoisotopic (exact) mass is 318 g/mol. The molecule has 1 heterocycles. The van der Waals surface area contributed by atoms with E-state index >= 15 is 0 Å². The summed E-state index contributed by atoms with van der Waals surface area (Å²) in [4.78, 5) is 11.9. The SMILES string of the molecule is Cc1ccc(-c2n[nH]c(=S)n2CCC(=O)NCC(C)C)cc1. The van der Waals surface area contributed by atoms with E-state index in [0.29, 0.717) is 30.2 Å². The number of aryl methyl sites for hydroxylation is 1. The Morgan fingerprint density at radius 1 is 1.36 bits per heavy atom. The Labute approximate surface area is 135 Å². The Morgan fingerprint density at radius 3 is 2.68 bits per heavy atom. The van der Waals surface area contributed by atoms with Crippen LogP contribution < -0.4 is 5.32 Å². The fourth-order valence-electron chi connectivity index (χ4n) is 2.07. The molecular formula is C16H22N4OS. The first-order chi connectivity index (χ1) is 10.5. The first-order valence-electron chi connectivity index (χ1n) is 7.46. The molecule has 0 bridgehead atoms. The van der Waals surface area contributed by atoms with Crippen LogP contribution in [0.5, 0.6) is 0 Å². The molecule has 1 aromatic heterocycles. The highest BCUT2D eigenvalue weighted by Crippen LogP contribution is 2.18. The molecule has 0 saturated heterocycles. The standard InChI is InChI=1S/C16H22N4OS/c1-11(2)10-17-14(21)8-9-20-15(18-19-16(20)22)13-6-4-12(3)5-7-13/h4-7,11H,8-10H2,1-3H3,(H,17,21)(H,19,22). The van der Waals surface area contributed by atoms with Crippen molar-refractivity contribution in [3.63, 3.8) is 0 Å². The van der Waals surface area contributed by atoms with Crippen molar-refractivity contribution in [1.29, 1.82) is 0 Å². The Balaban J connectivity index is 2.08. The van der Waals surface area contributed by atoms with Gasteiger partial charge in [0, 0.05) is 25.1 Å². The lowest BCUT2D eigenvalue weighted by molar-refractivity contribution is -0.121. The van der Waals surface area contributed by atoms with Crippen LogP contribution in [0.3, 0.4) is 0 Å². The Morgan fingerprint density at radius 2 is 2.05 bits per heavy atom. The van der Waals surface area contributed by atoms with E-state index < -0.39 is 0 Å². The molecule has 22 heavy (non-hydrogen) atoms. The summed E-state index contributed by atoms with van der Waals surface area (Å²) < 4.78 is 2.40. The molecule has 2 N–H and O–H groups in total. The maximum Gasteiger partial charge on any atom is 0.221 e. The molecule has 5 nitrogen and oxygen atoms in total. The molecule has 0 fully saturated rings. The number of H-pyrrole nitrogens is 1. The van der Waals surface area contributed by atoms with Crippen LogP contribution in [0.25, 0.3) is 11.4 Å². The van der Waals surface area contributed by atoms with Crippen molar-refractivity contribution in [3.8, 4) is 11.4 Å². The van der Waals surface area contributed by atoms with Gasteiger partial charge in [0.05, 0.1) is 0 Å². The molecule has 0 atom stereocenters. The molecule has 2 aromatic rings. The van der Waals surface area contributed by atoms with Crippen molar-refractivity contribution in [1.82, 2.24) is 20.1 Å². The largest absolute Gasteiger partial charge is 0.356 e. The molecule has 0 aliphatic rings. The molecule has 0 spiro atoms. The van der Waals surface area contributed by atoms with E-state index in [-0.39, 0.29) is 5.91 Å². The van der Waals surface area contributed by atoms with E-state index in [1.54, 1.807) is 0 Å². The second kappa shape index (κ2) is 7.35. The Bertz CT molecular complexity index is 685. The van der Waals surface area contributed by atoms with Crippen LogP contribution >= 0.6 is 12.2 Å². The van der Waals surface area contributed by atoms with Crippen LogP contribution in [-0.2, 0) is 11.3 Å². The third-order valence-corrected chi connectivity index (χ3v) is 3.65. The number of rotatable bonds is 6. The second-order valence-corrected chi connectivity index (χ2v) is 6.20. The average Bonchev–Trinajstić information content (AvgIpc) is 2.85. The highest BCUT2D eigenvalue weighted by Gasteiger charge is 2.10. The molecule has 1 aromatic carbocycles. The molecular weight excluding hydrogens is 296 g/mol. The highest BCUT2D eigenvalue weighted by atomic mass is 32.1. The van der Waals surface area contributed by atoms with E-state index in [9.17, 15) is 4.79 Å².